The first-order chi connectivity index (χ1) is 8.02. The number of hydrogen-bond donors (Lipinski definition) is 2. The minimum absolute atomic E-state index is 0.0125. The van der Waals surface area contributed by atoms with E-state index in [1.165, 1.54) is 24.8 Å². The Kier molecular flexibility index (Phi) is 3.70. The summed E-state index contributed by atoms with van der Waals surface area (Å²) in [5.74, 6) is 0. The second kappa shape index (κ2) is 4.92. The van der Waals surface area contributed by atoms with Crippen molar-refractivity contribution in [3.63, 3.8) is 0 Å². The van der Waals surface area contributed by atoms with Crippen molar-refractivity contribution in [2.45, 2.75) is 51.1 Å². The molecule has 0 radical (unpaired) electrons. The fourth-order valence-corrected chi connectivity index (χ4v) is 3.26. The zero-order valence-electron chi connectivity index (χ0n) is 10.0. The molecule has 17 heavy (non-hydrogen) atoms. The van der Waals surface area contributed by atoms with Crippen LogP contribution in [0.1, 0.15) is 39.0 Å². The van der Waals surface area contributed by atoms with Gasteiger partial charge in [0.15, 0.2) is 0 Å². The van der Waals surface area contributed by atoms with Crippen LogP contribution < -0.4 is 5.32 Å². The molecule has 2 aliphatic heterocycles. The van der Waals surface area contributed by atoms with Gasteiger partial charge < -0.3 is 0 Å². The highest BCUT2D eigenvalue weighted by molar-refractivity contribution is 7.89. The molecule has 0 aromatic heterocycles. The summed E-state index contributed by atoms with van der Waals surface area (Å²) in [6, 6.07) is -0.297. The molecule has 2 rings (SSSR count). The summed E-state index contributed by atoms with van der Waals surface area (Å²) in [4.78, 5) is 0.111. The fraction of sp³-hybridized carbons (Fsp3) is 0.667. The van der Waals surface area contributed by atoms with E-state index in [1.54, 1.807) is 6.08 Å². The van der Waals surface area contributed by atoms with Crippen LogP contribution in [0.3, 0.4) is 0 Å². The standard InChI is InChI=1S/C12H19NO3S/c1-2-3-4-5-6-9-7-11-12(17(14,15)16)8-10(9)13-11/h7-8,10-11,13H,2-6H2,1H3,(H,14,15,16). The zero-order chi connectivity index (χ0) is 12.5. The maximum atomic E-state index is 11.0. The van der Waals surface area contributed by atoms with Gasteiger partial charge in [-0.3, -0.25) is 9.87 Å². The van der Waals surface area contributed by atoms with Crippen LogP contribution in [0.15, 0.2) is 22.6 Å². The Balaban J connectivity index is 1.90. The molecule has 96 valence electrons. The Morgan fingerprint density at radius 3 is 2.53 bits per heavy atom. The molecule has 0 fully saturated rings. The van der Waals surface area contributed by atoms with Crippen molar-refractivity contribution in [3.05, 3.63) is 22.6 Å². The van der Waals surface area contributed by atoms with E-state index in [9.17, 15) is 8.42 Å². The minimum atomic E-state index is -4.03. The summed E-state index contributed by atoms with van der Waals surface area (Å²) < 4.78 is 31.1. The molecule has 0 saturated heterocycles. The van der Waals surface area contributed by atoms with E-state index in [4.69, 9.17) is 4.55 Å². The van der Waals surface area contributed by atoms with Gasteiger partial charge in [0.2, 0.25) is 0 Å². The van der Waals surface area contributed by atoms with Crippen molar-refractivity contribution in [1.82, 2.24) is 5.32 Å². The second-order valence-corrected chi connectivity index (χ2v) is 6.14. The summed E-state index contributed by atoms with van der Waals surface area (Å²) in [5.41, 5.74) is 1.26. The Morgan fingerprint density at radius 1 is 1.24 bits per heavy atom. The van der Waals surface area contributed by atoms with Gasteiger partial charge in [0.25, 0.3) is 10.1 Å². The molecule has 0 amide bonds. The average molecular weight is 257 g/mol. The van der Waals surface area contributed by atoms with Crippen molar-refractivity contribution in [1.29, 1.82) is 0 Å². The molecule has 4 nitrogen and oxygen atoms in total. The van der Waals surface area contributed by atoms with Crippen molar-refractivity contribution in [2.24, 2.45) is 0 Å². The Labute approximate surface area is 103 Å². The van der Waals surface area contributed by atoms with Gasteiger partial charge in [-0.1, -0.05) is 37.8 Å². The highest BCUT2D eigenvalue weighted by Gasteiger charge is 2.37. The van der Waals surface area contributed by atoms with Crippen LogP contribution in [-0.2, 0) is 10.1 Å². The minimum Gasteiger partial charge on any atom is -0.296 e. The van der Waals surface area contributed by atoms with E-state index in [0.717, 1.165) is 12.8 Å². The normalized spacial score (nSPS) is 27.2. The Morgan fingerprint density at radius 2 is 2.00 bits per heavy atom. The highest BCUT2D eigenvalue weighted by Crippen LogP contribution is 2.32. The van der Waals surface area contributed by atoms with E-state index >= 15 is 0 Å². The zero-order valence-corrected chi connectivity index (χ0v) is 10.8. The summed E-state index contributed by atoms with van der Waals surface area (Å²) in [7, 11) is -4.03. The summed E-state index contributed by atoms with van der Waals surface area (Å²) in [5, 5.41) is 3.15. The summed E-state index contributed by atoms with van der Waals surface area (Å²) in [6.45, 7) is 2.18. The Hall–Kier alpha value is -0.650. The van der Waals surface area contributed by atoms with E-state index in [2.05, 4.69) is 12.2 Å². The predicted octanol–water partition coefficient (Wildman–Crippen LogP) is 2.01. The second-order valence-electron chi connectivity index (χ2n) is 4.72. The maximum absolute atomic E-state index is 11.0. The SMILES string of the molecule is CCCCCCC1=CC2NC1C=C2S(=O)(=O)O. The van der Waals surface area contributed by atoms with Crippen LogP contribution >= 0.6 is 0 Å². The first-order valence-corrected chi connectivity index (χ1v) is 7.62. The molecule has 2 aliphatic rings. The van der Waals surface area contributed by atoms with Gasteiger partial charge >= 0.3 is 0 Å². The van der Waals surface area contributed by atoms with Gasteiger partial charge in [-0.25, -0.2) is 0 Å². The van der Waals surface area contributed by atoms with Gasteiger partial charge in [0, 0.05) is 6.04 Å². The van der Waals surface area contributed by atoms with Gasteiger partial charge in [-0.2, -0.15) is 8.42 Å². The quantitative estimate of drug-likeness (QED) is 0.434. The first kappa shape index (κ1) is 12.8. The van der Waals surface area contributed by atoms with Crippen molar-refractivity contribution < 1.29 is 13.0 Å². The number of fused-ring (bicyclic) bond motifs is 2. The molecule has 0 saturated carbocycles. The molecule has 0 spiro atoms. The lowest BCUT2D eigenvalue weighted by atomic mass is 9.99. The van der Waals surface area contributed by atoms with E-state index in [-0.39, 0.29) is 17.0 Å². The summed E-state index contributed by atoms with van der Waals surface area (Å²) in [6.07, 6.45) is 9.44. The van der Waals surface area contributed by atoms with Gasteiger partial charge in [0.05, 0.1) is 10.9 Å². The summed E-state index contributed by atoms with van der Waals surface area (Å²) >= 11 is 0. The lowest BCUT2D eigenvalue weighted by Crippen LogP contribution is -2.25. The smallest absolute Gasteiger partial charge is 0.292 e. The van der Waals surface area contributed by atoms with Crippen LogP contribution in [-0.4, -0.2) is 25.1 Å². The topological polar surface area (TPSA) is 66.4 Å². The molecule has 0 aromatic rings. The first-order valence-electron chi connectivity index (χ1n) is 6.18. The lowest BCUT2D eigenvalue weighted by molar-refractivity contribution is 0.488. The van der Waals surface area contributed by atoms with Gasteiger partial charge in [-0.15, -0.1) is 0 Å². The molecule has 2 N–H and O–H groups in total. The molecule has 2 unspecified atom stereocenters. The molecule has 2 heterocycles. The molecular weight excluding hydrogens is 238 g/mol. The van der Waals surface area contributed by atoms with E-state index < -0.39 is 10.1 Å². The third-order valence-electron chi connectivity index (χ3n) is 3.39. The highest BCUT2D eigenvalue weighted by atomic mass is 32.2. The third kappa shape index (κ3) is 2.78. The fourth-order valence-electron chi connectivity index (χ4n) is 2.49. The third-order valence-corrected chi connectivity index (χ3v) is 4.38. The van der Waals surface area contributed by atoms with Crippen molar-refractivity contribution in [2.75, 3.05) is 0 Å². The predicted molar refractivity (Wildman–Crippen MR) is 67.2 cm³/mol. The maximum Gasteiger partial charge on any atom is 0.292 e. The van der Waals surface area contributed by atoms with E-state index in [1.807, 2.05) is 6.08 Å². The monoisotopic (exact) mass is 257 g/mol. The molecule has 2 bridgehead atoms. The van der Waals surface area contributed by atoms with Crippen LogP contribution in [0, 0.1) is 0 Å². The molecule has 0 aliphatic carbocycles. The van der Waals surface area contributed by atoms with Gasteiger partial charge in [-0.05, 0) is 18.9 Å². The average Bonchev–Trinajstić information content (AvgIpc) is 2.82. The van der Waals surface area contributed by atoms with E-state index in [0.29, 0.717) is 0 Å². The van der Waals surface area contributed by atoms with Crippen molar-refractivity contribution >= 4 is 10.1 Å². The van der Waals surface area contributed by atoms with Crippen LogP contribution in [0.2, 0.25) is 0 Å². The van der Waals surface area contributed by atoms with Crippen molar-refractivity contribution in [3.8, 4) is 0 Å². The molecular formula is C12H19NO3S. The number of hydrogen-bond acceptors (Lipinski definition) is 3. The number of rotatable bonds is 6. The number of unbranched alkanes of at least 4 members (excludes halogenated alkanes) is 3. The van der Waals surface area contributed by atoms with Gasteiger partial charge in [0.1, 0.15) is 0 Å². The number of nitrogens with one attached hydrogen (secondary N) is 1. The Bertz CT molecular complexity index is 450. The molecule has 5 heteroatoms. The molecule has 2 atom stereocenters. The lowest BCUT2D eigenvalue weighted by Gasteiger charge is -2.10. The largest absolute Gasteiger partial charge is 0.296 e. The molecule has 0 aromatic carbocycles. The van der Waals surface area contributed by atoms with Crippen LogP contribution in [0.5, 0.6) is 0 Å². The van der Waals surface area contributed by atoms with Crippen LogP contribution in [0.4, 0.5) is 0 Å². The van der Waals surface area contributed by atoms with Crippen LogP contribution in [0.25, 0.3) is 0 Å².